The summed E-state index contributed by atoms with van der Waals surface area (Å²) in [6.07, 6.45) is 1.63. The molecule has 0 spiro atoms. The molecule has 0 saturated heterocycles. The summed E-state index contributed by atoms with van der Waals surface area (Å²) in [4.78, 5) is 37.1. The SMILES string of the molecule is CCOC(=O)C1=CC[C@H]2c3c(c4ccccc4n3C)C(=O)[C@@H]1N2S(=O)(=O)c1ccccc1[N+](=O)[O-]. The van der Waals surface area contributed by atoms with Gasteiger partial charge in [0.25, 0.3) is 15.7 Å². The van der Waals surface area contributed by atoms with Crippen LogP contribution in [0.3, 0.4) is 0 Å². The van der Waals surface area contributed by atoms with E-state index in [0.717, 1.165) is 22.0 Å². The molecule has 2 bridgehead atoms. The van der Waals surface area contributed by atoms with E-state index in [4.69, 9.17) is 4.74 Å². The number of ether oxygens (including phenoxy) is 1. The van der Waals surface area contributed by atoms with Crippen LogP contribution in [0.15, 0.2) is 65.1 Å². The zero-order valence-corrected chi connectivity index (χ0v) is 19.7. The van der Waals surface area contributed by atoms with Crippen LogP contribution >= 0.6 is 0 Å². The van der Waals surface area contributed by atoms with Crippen molar-refractivity contribution in [3.63, 3.8) is 0 Å². The molecule has 0 saturated carbocycles. The topological polar surface area (TPSA) is 129 Å². The maximum Gasteiger partial charge on any atom is 0.335 e. The average Bonchev–Trinajstić information content (AvgIpc) is 3.15. The fourth-order valence-electron chi connectivity index (χ4n) is 5.11. The van der Waals surface area contributed by atoms with E-state index >= 15 is 0 Å². The molecule has 35 heavy (non-hydrogen) atoms. The molecule has 2 aliphatic heterocycles. The number of Topliss-reactive ketones (excluding diaryl/α,β-unsaturated/α-hetero) is 1. The maximum absolute atomic E-state index is 14.0. The normalized spacial score (nSPS) is 19.8. The minimum atomic E-state index is -4.60. The number of nitro benzene ring substituents is 1. The van der Waals surface area contributed by atoms with Crippen molar-refractivity contribution in [3.05, 3.63) is 81.6 Å². The van der Waals surface area contributed by atoms with Gasteiger partial charge < -0.3 is 9.30 Å². The van der Waals surface area contributed by atoms with Gasteiger partial charge in [0.1, 0.15) is 6.04 Å². The smallest absolute Gasteiger partial charge is 0.335 e. The van der Waals surface area contributed by atoms with E-state index in [0.29, 0.717) is 16.6 Å². The number of fused-ring (bicyclic) bond motifs is 6. The van der Waals surface area contributed by atoms with Gasteiger partial charge >= 0.3 is 5.97 Å². The molecule has 0 amide bonds. The predicted octanol–water partition coefficient (Wildman–Crippen LogP) is 3.28. The average molecular weight is 496 g/mol. The van der Waals surface area contributed by atoms with Crippen LogP contribution in [0.1, 0.15) is 35.4 Å². The number of carbonyl (C=O) groups is 2. The van der Waals surface area contributed by atoms with Gasteiger partial charge in [-0.15, -0.1) is 0 Å². The standard InChI is InChI=1S/C24H21N3O7S/c1-3-34-24(29)15-12-13-18-22-20(14-8-4-5-9-16(14)25(22)2)23(28)21(15)26(18)35(32,33)19-11-7-6-10-17(19)27(30)31/h4-12,18,21H,3,13H2,1-2H3/t18-,21+/m0/s1. The lowest BCUT2D eigenvalue weighted by atomic mass is 9.83. The Hall–Kier alpha value is -3.83. The summed E-state index contributed by atoms with van der Waals surface area (Å²) < 4.78 is 35.9. The number of rotatable bonds is 5. The van der Waals surface area contributed by atoms with Crippen LogP contribution in [0.2, 0.25) is 0 Å². The third-order valence-corrected chi connectivity index (χ3v) is 8.43. The summed E-state index contributed by atoms with van der Waals surface area (Å²) in [5, 5.41) is 12.3. The number of carbonyl (C=O) groups excluding carboxylic acids is 2. The zero-order chi connectivity index (χ0) is 25.1. The molecular weight excluding hydrogens is 474 g/mol. The van der Waals surface area contributed by atoms with Gasteiger partial charge in [0.2, 0.25) is 0 Å². The van der Waals surface area contributed by atoms with Crippen molar-refractivity contribution in [1.82, 2.24) is 8.87 Å². The largest absolute Gasteiger partial charge is 0.463 e. The predicted molar refractivity (Wildman–Crippen MR) is 125 cm³/mol. The quantitative estimate of drug-likeness (QED) is 0.302. The Labute approximate surface area is 200 Å². The number of hydrogen-bond acceptors (Lipinski definition) is 7. The number of para-hydroxylation sites is 2. The van der Waals surface area contributed by atoms with E-state index in [9.17, 15) is 28.1 Å². The van der Waals surface area contributed by atoms with Crippen LogP contribution in [0, 0.1) is 10.1 Å². The molecule has 180 valence electrons. The fraction of sp³-hybridized carbons (Fsp3) is 0.250. The van der Waals surface area contributed by atoms with E-state index in [2.05, 4.69) is 0 Å². The van der Waals surface area contributed by atoms with E-state index in [1.54, 1.807) is 30.7 Å². The van der Waals surface area contributed by atoms with Gasteiger partial charge in [0, 0.05) is 29.7 Å². The van der Waals surface area contributed by atoms with Gasteiger partial charge in [-0.05, 0) is 25.5 Å². The number of sulfonamides is 1. The molecule has 2 atom stereocenters. The Bertz CT molecular complexity index is 1550. The highest BCUT2D eigenvalue weighted by molar-refractivity contribution is 7.89. The fourth-order valence-corrected chi connectivity index (χ4v) is 7.01. The first-order chi connectivity index (χ1) is 16.7. The molecule has 2 aromatic carbocycles. The number of nitro groups is 1. The number of aromatic nitrogens is 1. The first-order valence-electron chi connectivity index (χ1n) is 11.0. The Morgan fingerprint density at radius 2 is 1.86 bits per heavy atom. The molecule has 0 aliphatic carbocycles. The van der Waals surface area contributed by atoms with E-state index < -0.39 is 49.4 Å². The Morgan fingerprint density at radius 1 is 1.17 bits per heavy atom. The highest BCUT2D eigenvalue weighted by atomic mass is 32.2. The van der Waals surface area contributed by atoms with Gasteiger partial charge in [0.05, 0.1) is 28.7 Å². The molecule has 0 radical (unpaired) electrons. The molecule has 5 rings (SSSR count). The highest BCUT2D eigenvalue weighted by Gasteiger charge is 2.54. The minimum absolute atomic E-state index is 0.0386. The third kappa shape index (κ3) is 3.22. The summed E-state index contributed by atoms with van der Waals surface area (Å²) in [7, 11) is -2.85. The number of ketones is 1. The highest BCUT2D eigenvalue weighted by Crippen LogP contribution is 2.48. The van der Waals surface area contributed by atoms with E-state index in [-0.39, 0.29) is 18.6 Å². The van der Waals surface area contributed by atoms with Crippen molar-refractivity contribution in [2.24, 2.45) is 7.05 Å². The summed E-state index contributed by atoms with van der Waals surface area (Å²) in [6.45, 7) is 1.65. The van der Waals surface area contributed by atoms with E-state index in [1.807, 2.05) is 12.1 Å². The molecule has 11 heteroatoms. The van der Waals surface area contributed by atoms with Crippen molar-refractivity contribution < 1.29 is 27.7 Å². The molecule has 2 aliphatic rings. The number of aryl methyl sites for hydroxylation is 1. The minimum Gasteiger partial charge on any atom is -0.463 e. The molecule has 1 aromatic heterocycles. The van der Waals surface area contributed by atoms with Crippen LogP contribution in [0.4, 0.5) is 5.69 Å². The van der Waals surface area contributed by atoms with Crippen molar-refractivity contribution >= 4 is 38.4 Å². The second kappa shape index (κ2) is 8.14. The second-order valence-corrected chi connectivity index (χ2v) is 10.1. The van der Waals surface area contributed by atoms with Gasteiger partial charge in [-0.1, -0.05) is 36.4 Å². The Morgan fingerprint density at radius 3 is 2.57 bits per heavy atom. The first kappa shape index (κ1) is 22.9. The Kier molecular flexibility index (Phi) is 5.33. The molecule has 0 N–H and O–H groups in total. The number of nitrogens with zero attached hydrogens (tertiary/aromatic N) is 3. The van der Waals surface area contributed by atoms with Crippen LogP contribution in [0.25, 0.3) is 10.9 Å². The van der Waals surface area contributed by atoms with E-state index in [1.165, 1.54) is 18.2 Å². The van der Waals surface area contributed by atoms with Gasteiger partial charge in [-0.2, -0.15) is 4.31 Å². The monoisotopic (exact) mass is 495 g/mol. The van der Waals surface area contributed by atoms with Gasteiger partial charge in [-0.25, -0.2) is 13.2 Å². The van der Waals surface area contributed by atoms with Crippen LogP contribution in [-0.4, -0.2) is 46.6 Å². The van der Waals surface area contributed by atoms with Gasteiger partial charge in [-0.3, -0.25) is 14.9 Å². The molecule has 0 unspecified atom stereocenters. The lowest BCUT2D eigenvalue weighted by Crippen LogP contribution is -2.55. The summed E-state index contributed by atoms with van der Waals surface area (Å²) in [5.74, 6) is -1.37. The zero-order valence-electron chi connectivity index (χ0n) is 18.9. The maximum atomic E-state index is 14.0. The van der Waals surface area contributed by atoms with Crippen molar-refractivity contribution in [2.45, 2.75) is 30.3 Å². The number of hydrogen-bond donors (Lipinski definition) is 0. The molecule has 3 heterocycles. The van der Waals surface area contributed by atoms with Crippen LogP contribution < -0.4 is 0 Å². The van der Waals surface area contributed by atoms with Crippen molar-refractivity contribution in [3.8, 4) is 0 Å². The van der Waals surface area contributed by atoms with Gasteiger partial charge in [0.15, 0.2) is 10.7 Å². The summed E-state index contributed by atoms with van der Waals surface area (Å²) in [6, 6.07) is 9.82. The molecule has 0 fully saturated rings. The van der Waals surface area contributed by atoms with Crippen molar-refractivity contribution in [2.75, 3.05) is 6.61 Å². The number of esters is 1. The number of benzene rings is 2. The second-order valence-electron chi connectivity index (χ2n) is 8.29. The van der Waals surface area contributed by atoms with Crippen molar-refractivity contribution in [1.29, 1.82) is 0 Å². The molecule has 3 aromatic rings. The Balaban J connectivity index is 1.80. The first-order valence-corrected chi connectivity index (χ1v) is 12.4. The summed E-state index contributed by atoms with van der Waals surface area (Å²) >= 11 is 0. The van der Waals surface area contributed by atoms with Crippen LogP contribution in [0.5, 0.6) is 0 Å². The molecule has 10 nitrogen and oxygen atoms in total. The van der Waals surface area contributed by atoms with Crippen LogP contribution in [-0.2, 0) is 26.6 Å². The molecular formula is C24H21N3O7S. The summed E-state index contributed by atoms with van der Waals surface area (Å²) in [5.41, 5.74) is 0.867. The third-order valence-electron chi connectivity index (χ3n) is 6.51. The lowest BCUT2D eigenvalue weighted by Gasteiger charge is -2.43. The lowest BCUT2D eigenvalue weighted by molar-refractivity contribution is -0.387.